The van der Waals surface area contributed by atoms with E-state index in [0.717, 1.165) is 39.5 Å². The van der Waals surface area contributed by atoms with Gasteiger partial charge in [-0.25, -0.2) is 9.07 Å². The fourth-order valence-electron chi connectivity index (χ4n) is 3.53. The van der Waals surface area contributed by atoms with Crippen molar-refractivity contribution < 1.29 is 4.39 Å². The van der Waals surface area contributed by atoms with Gasteiger partial charge in [-0.15, -0.1) is 0 Å². The molecule has 138 valence electrons. The fraction of sp³-hybridized carbons (Fsp3) is 0.250. The largest absolute Gasteiger partial charge is 0.275 e. The molecule has 6 nitrogen and oxygen atoms in total. The molecule has 0 atom stereocenters. The number of hydrogen-bond donors (Lipinski definition) is 0. The number of benzene rings is 1. The summed E-state index contributed by atoms with van der Waals surface area (Å²) in [4.78, 5) is 0. The van der Waals surface area contributed by atoms with Crippen molar-refractivity contribution in [3.63, 3.8) is 0 Å². The lowest BCUT2D eigenvalue weighted by molar-refractivity contribution is 0.625. The number of hydrogen-bond acceptors (Lipinski definition) is 3. The molecule has 0 spiro atoms. The Labute approximate surface area is 156 Å². The van der Waals surface area contributed by atoms with Gasteiger partial charge < -0.3 is 0 Å². The van der Waals surface area contributed by atoms with Crippen molar-refractivity contribution in [3.8, 4) is 28.2 Å². The Morgan fingerprint density at radius 3 is 2.04 bits per heavy atom. The van der Waals surface area contributed by atoms with Crippen molar-refractivity contribution in [1.82, 2.24) is 29.3 Å². The second-order valence-corrected chi connectivity index (χ2v) is 6.82. The highest BCUT2D eigenvalue weighted by Gasteiger charge is 2.23. The predicted molar refractivity (Wildman–Crippen MR) is 102 cm³/mol. The van der Waals surface area contributed by atoms with Crippen LogP contribution in [0, 0.1) is 26.6 Å². The highest BCUT2D eigenvalue weighted by Crippen LogP contribution is 2.35. The summed E-state index contributed by atoms with van der Waals surface area (Å²) >= 11 is 0. The highest BCUT2D eigenvalue weighted by molar-refractivity contribution is 5.77. The first-order valence-corrected chi connectivity index (χ1v) is 8.72. The molecule has 0 bridgehead atoms. The number of halogens is 1. The van der Waals surface area contributed by atoms with Crippen LogP contribution in [-0.4, -0.2) is 29.3 Å². The summed E-state index contributed by atoms with van der Waals surface area (Å²) in [7, 11) is 3.78. The van der Waals surface area contributed by atoms with Gasteiger partial charge in [0, 0.05) is 43.2 Å². The van der Waals surface area contributed by atoms with E-state index in [2.05, 4.69) is 10.2 Å². The normalized spacial score (nSPS) is 11.3. The Morgan fingerprint density at radius 2 is 1.48 bits per heavy atom. The molecule has 0 saturated heterocycles. The Bertz CT molecular complexity index is 1150. The van der Waals surface area contributed by atoms with Crippen LogP contribution in [0.3, 0.4) is 0 Å². The summed E-state index contributed by atoms with van der Waals surface area (Å²) in [6.45, 7) is 5.96. The third kappa shape index (κ3) is 2.85. The molecule has 7 heteroatoms. The zero-order valence-corrected chi connectivity index (χ0v) is 16.0. The summed E-state index contributed by atoms with van der Waals surface area (Å²) in [6.07, 6.45) is 3.93. The molecule has 4 rings (SSSR count). The fourth-order valence-corrected chi connectivity index (χ4v) is 3.53. The molecule has 0 aliphatic carbocycles. The Morgan fingerprint density at radius 1 is 0.852 bits per heavy atom. The van der Waals surface area contributed by atoms with Gasteiger partial charge in [-0.1, -0.05) is 6.07 Å². The number of aryl methyl sites for hydroxylation is 4. The van der Waals surface area contributed by atoms with Crippen LogP contribution < -0.4 is 0 Å². The van der Waals surface area contributed by atoms with Crippen molar-refractivity contribution in [2.75, 3.05) is 0 Å². The van der Waals surface area contributed by atoms with Gasteiger partial charge in [0.2, 0.25) is 0 Å². The lowest BCUT2D eigenvalue weighted by atomic mass is 10.0. The van der Waals surface area contributed by atoms with E-state index in [0.29, 0.717) is 5.69 Å². The maximum absolute atomic E-state index is 13.9. The van der Waals surface area contributed by atoms with Crippen LogP contribution in [-0.2, 0) is 14.1 Å². The maximum atomic E-state index is 13.9. The molecular formula is C20H21FN6. The minimum atomic E-state index is -0.298. The van der Waals surface area contributed by atoms with Gasteiger partial charge in [0.25, 0.3) is 0 Å². The molecule has 0 aliphatic rings. The second kappa shape index (κ2) is 6.19. The van der Waals surface area contributed by atoms with Crippen molar-refractivity contribution in [2.45, 2.75) is 20.8 Å². The van der Waals surface area contributed by atoms with Crippen LogP contribution in [0.1, 0.15) is 17.0 Å². The average Bonchev–Trinajstić information content (AvgIpc) is 3.22. The van der Waals surface area contributed by atoms with Crippen LogP contribution in [0.5, 0.6) is 0 Å². The summed E-state index contributed by atoms with van der Waals surface area (Å²) < 4.78 is 19.3. The van der Waals surface area contributed by atoms with Crippen LogP contribution in [0.2, 0.25) is 0 Å². The van der Waals surface area contributed by atoms with Gasteiger partial charge in [-0.05, 0) is 39.0 Å². The first kappa shape index (κ1) is 17.2. The first-order valence-electron chi connectivity index (χ1n) is 8.72. The minimum absolute atomic E-state index is 0.298. The second-order valence-electron chi connectivity index (χ2n) is 6.82. The molecule has 0 aliphatic heterocycles. The lowest BCUT2D eigenvalue weighted by Crippen LogP contribution is -2.00. The van der Waals surface area contributed by atoms with E-state index in [9.17, 15) is 4.39 Å². The molecule has 3 aromatic heterocycles. The molecule has 3 heterocycles. The molecule has 0 N–H and O–H groups in total. The molecule has 1 aromatic carbocycles. The average molecular weight is 364 g/mol. The smallest absolute Gasteiger partial charge is 0.125 e. The van der Waals surface area contributed by atoms with Gasteiger partial charge in [-0.2, -0.15) is 15.3 Å². The molecule has 0 saturated carbocycles. The van der Waals surface area contributed by atoms with Crippen LogP contribution in [0.4, 0.5) is 4.39 Å². The first-order chi connectivity index (χ1) is 12.8. The minimum Gasteiger partial charge on any atom is -0.275 e. The van der Waals surface area contributed by atoms with Gasteiger partial charge in [0.15, 0.2) is 0 Å². The standard InChI is InChI=1S/C20H21FN6/c1-12-19(17-10-25(4)22-13(17)2)24-27(16-8-6-7-15(21)9-16)20(12)18-11-26(5)23-14(18)3/h6-11H,1-5H3. The summed E-state index contributed by atoms with van der Waals surface area (Å²) in [5, 5.41) is 13.8. The maximum Gasteiger partial charge on any atom is 0.125 e. The van der Waals surface area contributed by atoms with E-state index in [1.54, 1.807) is 20.1 Å². The molecule has 27 heavy (non-hydrogen) atoms. The summed E-state index contributed by atoms with van der Waals surface area (Å²) in [6, 6.07) is 6.46. The molecule has 4 aromatic rings. The molecule has 0 fully saturated rings. The van der Waals surface area contributed by atoms with Crippen molar-refractivity contribution in [1.29, 1.82) is 0 Å². The topological polar surface area (TPSA) is 53.5 Å². The monoisotopic (exact) mass is 364 g/mol. The van der Waals surface area contributed by atoms with E-state index < -0.39 is 0 Å². The van der Waals surface area contributed by atoms with E-state index in [4.69, 9.17) is 5.10 Å². The molecule has 0 unspecified atom stereocenters. The molecule has 0 amide bonds. The molecule has 0 radical (unpaired) electrons. The van der Waals surface area contributed by atoms with Crippen molar-refractivity contribution in [2.24, 2.45) is 14.1 Å². The van der Waals surface area contributed by atoms with Crippen LogP contribution in [0.15, 0.2) is 36.7 Å². The Kier molecular flexibility index (Phi) is 3.95. The van der Waals surface area contributed by atoms with Gasteiger partial charge >= 0.3 is 0 Å². The van der Waals surface area contributed by atoms with E-state index >= 15 is 0 Å². The van der Waals surface area contributed by atoms with Crippen molar-refractivity contribution >= 4 is 0 Å². The van der Waals surface area contributed by atoms with Crippen LogP contribution in [0.25, 0.3) is 28.2 Å². The third-order valence-electron chi connectivity index (χ3n) is 4.71. The third-order valence-corrected chi connectivity index (χ3v) is 4.71. The Hall–Kier alpha value is -3.22. The number of aromatic nitrogens is 6. The van der Waals surface area contributed by atoms with Gasteiger partial charge in [-0.3, -0.25) is 9.36 Å². The summed E-state index contributed by atoms with van der Waals surface area (Å²) in [5.41, 5.74) is 7.15. The SMILES string of the molecule is Cc1nn(C)cc1-c1nn(-c2cccc(F)c2)c(-c2cn(C)nc2C)c1C. The van der Waals surface area contributed by atoms with Crippen LogP contribution >= 0.6 is 0 Å². The number of rotatable bonds is 3. The summed E-state index contributed by atoms with van der Waals surface area (Å²) in [5.74, 6) is -0.298. The highest BCUT2D eigenvalue weighted by atomic mass is 19.1. The number of nitrogens with zero attached hydrogens (tertiary/aromatic N) is 6. The van der Waals surface area contributed by atoms with E-state index in [1.165, 1.54) is 12.1 Å². The van der Waals surface area contributed by atoms with E-state index in [1.807, 2.05) is 53.3 Å². The zero-order valence-electron chi connectivity index (χ0n) is 16.0. The van der Waals surface area contributed by atoms with Crippen molar-refractivity contribution in [3.05, 3.63) is 59.4 Å². The molecular weight excluding hydrogens is 343 g/mol. The van der Waals surface area contributed by atoms with Gasteiger partial charge in [0.05, 0.1) is 28.5 Å². The zero-order chi connectivity index (χ0) is 19.3. The predicted octanol–water partition coefficient (Wildman–Crippen LogP) is 3.74. The quantitative estimate of drug-likeness (QED) is 0.556. The lowest BCUT2D eigenvalue weighted by Gasteiger charge is -2.08. The Balaban J connectivity index is 2.03. The van der Waals surface area contributed by atoms with Gasteiger partial charge in [0.1, 0.15) is 5.82 Å². The van der Waals surface area contributed by atoms with E-state index in [-0.39, 0.29) is 5.82 Å².